The molecule has 0 aromatic carbocycles. The Labute approximate surface area is 131 Å². The number of rotatable bonds is 4. The summed E-state index contributed by atoms with van der Waals surface area (Å²) in [6.45, 7) is 5.16. The molecule has 1 aromatic heterocycles. The van der Waals surface area contributed by atoms with Crippen LogP contribution in [0.2, 0.25) is 5.02 Å². The Hall–Kier alpha value is -0.550. The van der Waals surface area contributed by atoms with E-state index in [1.54, 1.807) is 24.1 Å². The van der Waals surface area contributed by atoms with Crippen LogP contribution in [0.3, 0.4) is 0 Å². The summed E-state index contributed by atoms with van der Waals surface area (Å²) in [6, 6.07) is 3.28. The van der Waals surface area contributed by atoms with Crippen molar-refractivity contribution in [2.75, 3.05) is 20.1 Å². The number of pyridine rings is 1. The van der Waals surface area contributed by atoms with E-state index >= 15 is 0 Å². The number of carbonyl (C=O) groups excluding carboxylic acids is 1. The van der Waals surface area contributed by atoms with Crippen LogP contribution in [-0.2, 0) is 0 Å². The molecule has 0 fully saturated rings. The monoisotopic (exact) mass is 327 g/mol. The van der Waals surface area contributed by atoms with Gasteiger partial charge in [-0.2, -0.15) is 0 Å². The van der Waals surface area contributed by atoms with E-state index in [2.05, 4.69) is 4.98 Å². The van der Waals surface area contributed by atoms with Gasteiger partial charge in [-0.05, 0) is 24.1 Å². The Morgan fingerprint density at radius 1 is 1.42 bits per heavy atom. The zero-order valence-electron chi connectivity index (χ0n) is 11.2. The molecule has 0 radical (unpaired) electrons. The Bertz CT molecular complexity index is 396. The van der Waals surface area contributed by atoms with Crippen molar-refractivity contribution in [2.45, 2.75) is 13.8 Å². The molecule has 19 heavy (non-hydrogen) atoms. The van der Waals surface area contributed by atoms with Crippen LogP contribution in [0.4, 0.5) is 0 Å². The lowest BCUT2D eigenvalue weighted by molar-refractivity contribution is 0.0735. The minimum absolute atomic E-state index is 0. The highest BCUT2D eigenvalue weighted by atomic mass is 35.5. The van der Waals surface area contributed by atoms with Crippen LogP contribution in [0.25, 0.3) is 0 Å². The van der Waals surface area contributed by atoms with Crippen molar-refractivity contribution in [2.24, 2.45) is 11.1 Å². The number of halogens is 3. The van der Waals surface area contributed by atoms with E-state index in [9.17, 15) is 4.79 Å². The van der Waals surface area contributed by atoms with Crippen LogP contribution in [-0.4, -0.2) is 35.9 Å². The van der Waals surface area contributed by atoms with Crippen molar-refractivity contribution >= 4 is 42.3 Å². The second-order valence-corrected chi connectivity index (χ2v) is 5.33. The lowest BCUT2D eigenvalue weighted by atomic mass is 9.93. The summed E-state index contributed by atoms with van der Waals surface area (Å²) in [6.07, 6.45) is 1.47. The second kappa shape index (κ2) is 8.59. The van der Waals surface area contributed by atoms with E-state index < -0.39 is 0 Å². The molecule has 0 saturated carbocycles. The molecule has 1 aromatic rings. The van der Waals surface area contributed by atoms with Crippen molar-refractivity contribution in [3.8, 4) is 0 Å². The van der Waals surface area contributed by atoms with Crippen molar-refractivity contribution < 1.29 is 4.79 Å². The minimum atomic E-state index is -0.122. The number of hydrogen-bond acceptors (Lipinski definition) is 3. The summed E-state index contributed by atoms with van der Waals surface area (Å²) in [7, 11) is 1.75. The normalized spacial score (nSPS) is 10.2. The molecule has 2 N–H and O–H groups in total. The molecule has 0 bridgehead atoms. The van der Waals surface area contributed by atoms with E-state index in [1.807, 2.05) is 13.8 Å². The van der Waals surface area contributed by atoms with Crippen LogP contribution in [0.5, 0.6) is 0 Å². The highest BCUT2D eigenvalue weighted by molar-refractivity contribution is 6.30. The van der Waals surface area contributed by atoms with Crippen LogP contribution in [0, 0.1) is 5.41 Å². The molecule has 0 spiro atoms. The first-order valence-corrected chi connectivity index (χ1v) is 5.80. The zero-order valence-corrected chi connectivity index (χ0v) is 13.6. The Morgan fingerprint density at radius 2 is 2.00 bits per heavy atom. The fourth-order valence-corrected chi connectivity index (χ4v) is 1.59. The summed E-state index contributed by atoms with van der Waals surface area (Å²) in [5.41, 5.74) is 5.94. The van der Waals surface area contributed by atoms with E-state index in [1.165, 1.54) is 6.20 Å². The van der Waals surface area contributed by atoms with E-state index in [4.69, 9.17) is 17.3 Å². The zero-order chi connectivity index (χ0) is 13.1. The van der Waals surface area contributed by atoms with Gasteiger partial charge < -0.3 is 10.6 Å². The average Bonchev–Trinajstić information content (AvgIpc) is 2.28. The van der Waals surface area contributed by atoms with Gasteiger partial charge in [-0.3, -0.25) is 4.79 Å². The molecule has 0 atom stereocenters. The summed E-state index contributed by atoms with van der Waals surface area (Å²) in [5, 5.41) is 0.520. The number of aromatic nitrogens is 1. The first-order chi connectivity index (χ1) is 7.85. The number of amides is 1. The van der Waals surface area contributed by atoms with Crippen molar-refractivity contribution in [3.63, 3.8) is 0 Å². The molecular weight excluding hydrogens is 309 g/mol. The van der Waals surface area contributed by atoms with Crippen molar-refractivity contribution in [3.05, 3.63) is 29.0 Å². The lowest BCUT2D eigenvalue weighted by Crippen LogP contribution is -2.40. The molecule has 1 amide bonds. The topological polar surface area (TPSA) is 59.2 Å². The van der Waals surface area contributed by atoms with Gasteiger partial charge in [-0.15, -0.1) is 24.8 Å². The van der Waals surface area contributed by atoms with E-state index in [0.29, 0.717) is 23.8 Å². The molecule has 0 aliphatic rings. The molecule has 4 nitrogen and oxygen atoms in total. The lowest BCUT2D eigenvalue weighted by Gasteiger charge is -2.28. The average molecular weight is 329 g/mol. The van der Waals surface area contributed by atoms with Gasteiger partial charge in [0, 0.05) is 19.8 Å². The summed E-state index contributed by atoms with van der Waals surface area (Å²) in [4.78, 5) is 17.7. The quantitative estimate of drug-likeness (QED) is 0.924. The van der Waals surface area contributed by atoms with Crippen LogP contribution in [0.15, 0.2) is 18.3 Å². The summed E-state index contributed by atoms with van der Waals surface area (Å²) in [5.74, 6) is -0.122. The molecule has 0 aliphatic heterocycles. The fourth-order valence-electron chi connectivity index (χ4n) is 1.48. The van der Waals surface area contributed by atoms with Gasteiger partial charge in [0.2, 0.25) is 0 Å². The van der Waals surface area contributed by atoms with Gasteiger partial charge in [0.15, 0.2) is 0 Å². The Kier molecular flexibility index (Phi) is 9.38. The Balaban J connectivity index is 0. The number of nitrogens with zero attached hydrogens (tertiary/aromatic N) is 2. The van der Waals surface area contributed by atoms with E-state index in [0.717, 1.165) is 0 Å². The molecular formula is C12H20Cl3N3O. The maximum Gasteiger partial charge on any atom is 0.272 e. The molecule has 1 rings (SSSR count). The maximum absolute atomic E-state index is 12.0. The van der Waals surface area contributed by atoms with Crippen molar-refractivity contribution in [1.29, 1.82) is 0 Å². The first-order valence-electron chi connectivity index (χ1n) is 5.43. The molecule has 0 saturated heterocycles. The smallest absolute Gasteiger partial charge is 0.272 e. The second-order valence-electron chi connectivity index (χ2n) is 4.89. The van der Waals surface area contributed by atoms with Gasteiger partial charge >= 0.3 is 0 Å². The molecule has 7 heteroatoms. The van der Waals surface area contributed by atoms with Crippen molar-refractivity contribution in [1.82, 2.24) is 9.88 Å². The van der Waals surface area contributed by atoms with E-state index in [-0.39, 0.29) is 36.1 Å². The Morgan fingerprint density at radius 3 is 2.42 bits per heavy atom. The molecule has 0 aliphatic carbocycles. The summed E-state index contributed by atoms with van der Waals surface area (Å²) >= 11 is 5.72. The van der Waals surface area contributed by atoms with Gasteiger partial charge in [0.05, 0.1) is 5.02 Å². The van der Waals surface area contributed by atoms with Crippen LogP contribution >= 0.6 is 36.4 Å². The third kappa shape index (κ3) is 6.43. The minimum Gasteiger partial charge on any atom is -0.340 e. The van der Waals surface area contributed by atoms with Gasteiger partial charge in [-0.1, -0.05) is 25.4 Å². The largest absolute Gasteiger partial charge is 0.340 e. The number of hydrogen-bond donors (Lipinski definition) is 1. The number of carbonyl (C=O) groups is 1. The predicted molar refractivity (Wildman–Crippen MR) is 83.5 cm³/mol. The van der Waals surface area contributed by atoms with Gasteiger partial charge in [0.25, 0.3) is 5.91 Å². The summed E-state index contributed by atoms with van der Waals surface area (Å²) < 4.78 is 0. The van der Waals surface area contributed by atoms with Crippen LogP contribution < -0.4 is 5.73 Å². The third-order valence-corrected chi connectivity index (χ3v) is 2.73. The number of nitrogens with two attached hydrogens (primary N) is 1. The first kappa shape index (κ1) is 20.8. The van der Waals surface area contributed by atoms with Gasteiger partial charge in [-0.25, -0.2) is 4.98 Å². The third-order valence-electron chi connectivity index (χ3n) is 2.51. The fraction of sp³-hybridized carbons (Fsp3) is 0.500. The molecule has 0 unspecified atom stereocenters. The predicted octanol–water partition coefficient (Wildman–Crippen LogP) is 2.64. The molecule has 1 heterocycles. The highest BCUT2D eigenvalue weighted by Crippen LogP contribution is 2.15. The van der Waals surface area contributed by atoms with Crippen LogP contribution in [0.1, 0.15) is 24.3 Å². The maximum atomic E-state index is 12.0. The standard InChI is InChI=1S/C12H18ClN3O.2ClH/c1-12(2,7-14)8-16(3)11(17)10-5-4-9(13)6-15-10;;/h4-6H,7-8,14H2,1-3H3;2*1H. The molecule has 110 valence electrons. The SMILES string of the molecule is CN(CC(C)(C)CN)C(=O)c1ccc(Cl)cn1.Cl.Cl. The van der Waals surface area contributed by atoms with Gasteiger partial charge in [0.1, 0.15) is 5.69 Å². The highest BCUT2D eigenvalue weighted by Gasteiger charge is 2.22.